The second kappa shape index (κ2) is 8.58. The van der Waals surface area contributed by atoms with Gasteiger partial charge in [-0.05, 0) is 53.4 Å². The van der Waals surface area contributed by atoms with Gasteiger partial charge in [-0.2, -0.15) is 0 Å². The average molecular weight is 441 g/mol. The van der Waals surface area contributed by atoms with Gasteiger partial charge in [0, 0.05) is 41.3 Å². The highest BCUT2D eigenvalue weighted by atomic mass is 16.5. The second-order valence-corrected chi connectivity index (χ2v) is 7.88. The number of nitrogens with two attached hydrogens (primary N) is 1. The number of rotatable bonds is 5. The van der Waals surface area contributed by atoms with Crippen molar-refractivity contribution in [3.63, 3.8) is 0 Å². The molecule has 1 aliphatic heterocycles. The van der Waals surface area contributed by atoms with Crippen LogP contribution in [-0.4, -0.2) is 30.1 Å². The van der Waals surface area contributed by atoms with E-state index in [1.54, 1.807) is 6.07 Å². The van der Waals surface area contributed by atoms with Crippen LogP contribution in [0.3, 0.4) is 0 Å². The molecular weight excluding hydrogens is 418 g/mol. The third-order valence-corrected chi connectivity index (χ3v) is 5.57. The molecule has 5 rings (SSSR count). The fraction of sp³-hybridized carbons (Fsp3) is 0.120. The maximum absolute atomic E-state index is 12.5. The molecule has 0 fully saturated rings. The number of nitrogens with zero attached hydrogens (tertiary/aromatic N) is 1. The molecule has 8 heteroatoms. The lowest BCUT2D eigenvalue weighted by Crippen LogP contribution is -2.32. The lowest BCUT2D eigenvalue weighted by molar-refractivity contribution is 0.1000. The number of fused-ring (bicyclic) bond motifs is 2. The van der Waals surface area contributed by atoms with E-state index in [4.69, 9.17) is 10.5 Å². The van der Waals surface area contributed by atoms with Gasteiger partial charge in [0.15, 0.2) is 0 Å². The molecule has 166 valence electrons. The number of urea groups is 1. The van der Waals surface area contributed by atoms with Gasteiger partial charge in [0.05, 0.1) is 12.2 Å². The molecule has 3 amide bonds. The van der Waals surface area contributed by atoms with E-state index in [1.807, 2.05) is 66.9 Å². The van der Waals surface area contributed by atoms with Gasteiger partial charge in [-0.3, -0.25) is 4.79 Å². The first-order valence-electron chi connectivity index (χ1n) is 10.6. The van der Waals surface area contributed by atoms with Gasteiger partial charge < -0.3 is 31.0 Å². The Balaban J connectivity index is 1.28. The fourth-order valence-corrected chi connectivity index (χ4v) is 3.98. The van der Waals surface area contributed by atoms with Crippen LogP contribution in [0.15, 0.2) is 72.9 Å². The molecule has 8 nitrogen and oxygen atoms in total. The fourth-order valence-electron chi connectivity index (χ4n) is 3.98. The molecule has 5 N–H and O–H groups in total. The molecule has 0 bridgehead atoms. The van der Waals surface area contributed by atoms with Crippen molar-refractivity contribution in [3.8, 4) is 5.75 Å². The molecule has 0 unspecified atom stereocenters. The largest absolute Gasteiger partial charge is 0.489 e. The molecule has 1 aromatic heterocycles. The van der Waals surface area contributed by atoms with Crippen molar-refractivity contribution in [3.05, 3.63) is 84.1 Å². The molecule has 33 heavy (non-hydrogen) atoms. The third kappa shape index (κ3) is 4.45. The number of carbonyl (C=O) groups is 2. The Labute approximate surface area is 190 Å². The molecule has 4 aromatic rings. The van der Waals surface area contributed by atoms with Crippen molar-refractivity contribution in [2.24, 2.45) is 5.73 Å². The maximum Gasteiger partial charge on any atom is 0.323 e. The number of primary amides is 1. The normalized spacial score (nSPS) is 12.7. The predicted octanol–water partition coefficient (Wildman–Crippen LogP) is 4.31. The molecule has 0 spiro atoms. The summed E-state index contributed by atoms with van der Waals surface area (Å²) in [5, 5.41) is 6.79. The standard InChI is InChI=1S/C25H23N5O3/c26-24(31)18-3-1-2-16(12-18)15-30-10-11-33-23-14-20(6-7-22(23)30)29-25(32)28-19-5-4-17-8-9-27-21(17)13-19/h1-9,12-14,27H,10-11,15H2,(H2,26,31)(H2,28,29,32). The quantitative estimate of drug-likeness (QED) is 0.370. The molecule has 0 atom stereocenters. The zero-order valence-corrected chi connectivity index (χ0v) is 17.8. The number of H-pyrrole nitrogens is 1. The summed E-state index contributed by atoms with van der Waals surface area (Å²) >= 11 is 0. The van der Waals surface area contributed by atoms with Crippen LogP contribution in [0.25, 0.3) is 10.9 Å². The van der Waals surface area contributed by atoms with Crippen LogP contribution in [0.2, 0.25) is 0 Å². The zero-order chi connectivity index (χ0) is 22.8. The number of anilines is 3. The van der Waals surface area contributed by atoms with E-state index in [0.29, 0.717) is 42.4 Å². The minimum atomic E-state index is -0.443. The number of aromatic amines is 1. The molecule has 0 saturated heterocycles. The highest BCUT2D eigenvalue weighted by Gasteiger charge is 2.19. The van der Waals surface area contributed by atoms with Crippen LogP contribution in [0.4, 0.5) is 21.9 Å². The molecule has 0 radical (unpaired) electrons. The number of benzene rings is 3. The Kier molecular flexibility index (Phi) is 5.32. The number of hydrogen-bond donors (Lipinski definition) is 4. The average Bonchev–Trinajstić information content (AvgIpc) is 3.27. The van der Waals surface area contributed by atoms with Crippen LogP contribution in [0.5, 0.6) is 5.75 Å². The SMILES string of the molecule is NC(=O)c1cccc(CN2CCOc3cc(NC(=O)Nc4ccc5cc[nH]c5c4)ccc32)c1. The number of ether oxygens (including phenoxy) is 1. The van der Waals surface area contributed by atoms with Crippen molar-refractivity contribution in [1.29, 1.82) is 0 Å². The van der Waals surface area contributed by atoms with Crippen LogP contribution in [0.1, 0.15) is 15.9 Å². The summed E-state index contributed by atoms with van der Waals surface area (Å²) in [6.45, 7) is 1.85. The molecular formula is C25H23N5O3. The summed E-state index contributed by atoms with van der Waals surface area (Å²) in [7, 11) is 0. The van der Waals surface area contributed by atoms with Gasteiger partial charge in [0.2, 0.25) is 5.91 Å². The minimum Gasteiger partial charge on any atom is -0.489 e. The van der Waals surface area contributed by atoms with Crippen LogP contribution < -0.4 is 26.0 Å². The summed E-state index contributed by atoms with van der Waals surface area (Å²) in [5.74, 6) is 0.249. The first-order valence-corrected chi connectivity index (χ1v) is 10.6. The zero-order valence-electron chi connectivity index (χ0n) is 17.8. The highest BCUT2D eigenvalue weighted by Crippen LogP contribution is 2.35. The summed E-state index contributed by atoms with van der Waals surface area (Å²) in [6, 6.07) is 20.2. The van der Waals surface area contributed by atoms with Gasteiger partial charge >= 0.3 is 6.03 Å². The summed E-state index contributed by atoms with van der Waals surface area (Å²) in [5.41, 5.74) is 10.1. The van der Waals surface area contributed by atoms with Crippen molar-refractivity contribution in [1.82, 2.24) is 4.98 Å². The van der Waals surface area contributed by atoms with Crippen molar-refractivity contribution in [2.75, 3.05) is 28.7 Å². The second-order valence-electron chi connectivity index (χ2n) is 7.88. The first kappa shape index (κ1) is 20.4. The number of aromatic nitrogens is 1. The van der Waals surface area contributed by atoms with Crippen LogP contribution in [0, 0.1) is 0 Å². The maximum atomic E-state index is 12.5. The van der Waals surface area contributed by atoms with E-state index in [0.717, 1.165) is 22.2 Å². The summed E-state index contributed by atoms with van der Waals surface area (Å²) in [6.07, 6.45) is 1.86. The van der Waals surface area contributed by atoms with Gasteiger partial charge in [-0.25, -0.2) is 4.79 Å². The van der Waals surface area contributed by atoms with Gasteiger partial charge in [-0.15, -0.1) is 0 Å². The Bertz CT molecular complexity index is 1350. The Morgan fingerprint density at radius 2 is 1.82 bits per heavy atom. The van der Waals surface area contributed by atoms with E-state index in [1.165, 1.54) is 0 Å². The minimum absolute atomic E-state index is 0.336. The van der Waals surface area contributed by atoms with E-state index in [-0.39, 0.29) is 6.03 Å². The molecule has 0 aliphatic carbocycles. The topological polar surface area (TPSA) is 112 Å². The molecule has 0 saturated carbocycles. The van der Waals surface area contributed by atoms with Crippen molar-refractivity contribution < 1.29 is 14.3 Å². The smallest absolute Gasteiger partial charge is 0.323 e. The lowest BCUT2D eigenvalue weighted by Gasteiger charge is -2.31. The number of nitrogens with one attached hydrogen (secondary N) is 3. The van der Waals surface area contributed by atoms with Crippen LogP contribution >= 0.6 is 0 Å². The Morgan fingerprint density at radius 1 is 1.00 bits per heavy atom. The molecule has 3 aromatic carbocycles. The van der Waals surface area contributed by atoms with E-state index < -0.39 is 5.91 Å². The highest BCUT2D eigenvalue weighted by molar-refractivity contribution is 6.01. The van der Waals surface area contributed by atoms with E-state index in [9.17, 15) is 9.59 Å². The van der Waals surface area contributed by atoms with Crippen molar-refractivity contribution >= 4 is 39.9 Å². The Hall–Kier alpha value is -4.46. The monoisotopic (exact) mass is 441 g/mol. The van der Waals surface area contributed by atoms with Gasteiger partial charge in [0.25, 0.3) is 0 Å². The predicted molar refractivity (Wildman–Crippen MR) is 129 cm³/mol. The summed E-state index contributed by atoms with van der Waals surface area (Å²) in [4.78, 5) is 29.3. The van der Waals surface area contributed by atoms with Gasteiger partial charge in [-0.1, -0.05) is 18.2 Å². The first-order chi connectivity index (χ1) is 16.0. The van der Waals surface area contributed by atoms with Gasteiger partial charge in [0.1, 0.15) is 12.4 Å². The number of carbonyl (C=O) groups excluding carboxylic acids is 2. The van der Waals surface area contributed by atoms with E-state index in [2.05, 4.69) is 20.5 Å². The Morgan fingerprint density at radius 3 is 2.67 bits per heavy atom. The number of hydrogen-bond acceptors (Lipinski definition) is 4. The third-order valence-electron chi connectivity index (χ3n) is 5.57. The van der Waals surface area contributed by atoms with Crippen LogP contribution in [-0.2, 0) is 6.54 Å². The summed E-state index contributed by atoms with van der Waals surface area (Å²) < 4.78 is 5.84. The van der Waals surface area contributed by atoms with E-state index >= 15 is 0 Å². The molecule has 1 aliphatic rings. The lowest BCUT2D eigenvalue weighted by atomic mass is 10.1. The number of amides is 3. The van der Waals surface area contributed by atoms with Crippen molar-refractivity contribution in [2.45, 2.75) is 6.54 Å². The molecule has 2 heterocycles.